The molecule has 0 aliphatic rings. The van der Waals surface area contributed by atoms with E-state index in [2.05, 4.69) is 36.5 Å². The van der Waals surface area contributed by atoms with Gasteiger partial charge in [-0.2, -0.15) is 0 Å². The Balaban J connectivity index is 1.68. The molecule has 3 rings (SSSR count). The topological polar surface area (TPSA) is 17.0 Å². The minimum absolute atomic E-state index is 0.210. The Kier molecular flexibility index (Phi) is 4.35. The van der Waals surface area contributed by atoms with Crippen molar-refractivity contribution in [2.45, 2.75) is 20.0 Å². The van der Waals surface area contributed by atoms with Crippen LogP contribution in [0.15, 0.2) is 66.9 Å². The largest absolute Gasteiger partial charge is 0.317 e. The fraction of sp³-hybridized carbons (Fsp3) is 0.158. The third-order valence-electron chi connectivity index (χ3n) is 3.70. The Morgan fingerprint density at radius 1 is 0.909 bits per heavy atom. The number of halogens is 1. The van der Waals surface area contributed by atoms with Gasteiger partial charge in [-0.05, 0) is 36.8 Å². The zero-order valence-electron chi connectivity index (χ0n) is 12.6. The number of rotatable bonds is 5. The molecule has 3 heteroatoms. The second kappa shape index (κ2) is 6.58. The summed E-state index contributed by atoms with van der Waals surface area (Å²) in [5, 5.41) is 3.41. The first kappa shape index (κ1) is 14.5. The number of nitrogens with one attached hydrogen (secondary N) is 1. The van der Waals surface area contributed by atoms with Gasteiger partial charge in [0.1, 0.15) is 5.82 Å². The molecule has 1 heterocycles. The third-order valence-corrected chi connectivity index (χ3v) is 3.70. The highest BCUT2D eigenvalue weighted by atomic mass is 19.1. The maximum Gasteiger partial charge on any atom is 0.147 e. The van der Waals surface area contributed by atoms with Gasteiger partial charge in [0.25, 0.3) is 0 Å². The zero-order valence-corrected chi connectivity index (χ0v) is 12.6. The Bertz CT molecular complexity index is 744. The fourth-order valence-electron chi connectivity index (χ4n) is 2.48. The average Bonchev–Trinajstić information content (AvgIpc) is 2.98. The lowest BCUT2D eigenvalue weighted by Gasteiger charge is -2.11. The van der Waals surface area contributed by atoms with Crippen LogP contribution in [0.1, 0.15) is 16.8 Å². The van der Waals surface area contributed by atoms with Gasteiger partial charge in [0.05, 0.1) is 5.69 Å². The van der Waals surface area contributed by atoms with Crippen molar-refractivity contribution in [3.8, 4) is 5.69 Å². The van der Waals surface area contributed by atoms with Crippen LogP contribution in [0.3, 0.4) is 0 Å². The molecule has 0 radical (unpaired) electrons. The smallest absolute Gasteiger partial charge is 0.147 e. The maximum atomic E-state index is 13.9. The van der Waals surface area contributed by atoms with E-state index < -0.39 is 0 Å². The Morgan fingerprint density at radius 2 is 1.68 bits per heavy atom. The molecule has 0 unspecified atom stereocenters. The molecule has 0 amide bonds. The van der Waals surface area contributed by atoms with Crippen LogP contribution >= 0.6 is 0 Å². The van der Waals surface area contributed by atoms with Crippen molar-refractivity contribution in [3.63, 3.8) is 0 Å². The molecular weight excluding hydrogens is 275 g/mol. The van der Waals surface area contributed by atoms with Crippen LogP contribution in [0.25, 0.3) is 5.69 Å². The molecule has 2 nitrogen and oxygen atoms in total. The molecule has 22 heavy (non-hydrogen) atoms. The van der Waals surface area contributed by atoms with Crippen molar-refractivity contribution in [1.29, 1.82) is 0 Å². The van der Waals surface area contributed by atoms with E-state index in [0.29, 0.717) is 12.2 Å². The molecule has 0 saturated carbocycles. The summed E-state index contributed by atoms with van der Waals surface area (Å²) in [6, 6.07) is 19.2. The second-order valence-corrected chi connectivity index (χ2v) is 5.41. The van der Waals surface area contributed by atoms with E-state index >= 15 is 0 Å². The van der Waals surface area contributed by atoms with Gasteiger partial charge in [-0.3, -0.25) is 0 Å². The number of para-hydroxylation sites is 1. The molecule has 0 spiro atoms. The van der Waals surface area contributed by atoms with Crippen LogP contribution < -0.4 is 5.32 Å². The summed E-state index contributed by atoms with van der Waals surface area (Å²) in [5.74, 6) is -0.210. The van der Waals surface area contributed by atoms with Gasteiger partial charge in [-0.15, -0.1) is 0 Å². The number of benzene rings is 2. The quantitative estimate of drug-likeness (QED) is 0.745. The van der Waals surface area contributed by atoms with Gasteiger partial charge in [0.2, 0.25) is 0 Å². The molecule has 0 bridgehead atoms. The van der Waals surface area contributed by atoms with E-state index in [0.717, 1.165) is 12.2 Å². The number of hydrogen-bond donors (Lipinski definition) is 1. The van der Waals surface area contributed by atoms with Crippen molar-refractivity contribution < 1.29 is 4.39 Å². The summed E-state index contributed by atoms with van der Waals surface area (Å²) in [7, 11) is 0. The zero-order chi connectivity index (χ0) is 15.4. The summed E-state index contributed by atoms with van der Waals surface area (Å²) in [5.41, 5.74) is 4.13. The van der Waals surface area contributed by atoms with Gasteiger partial charge in [-0.25, -0.2) is 4.39 Å². The maximum absolute atomic E-state index is 13.9. The predicted octanol–water partition coefficient (Wildman–Crippen LogP) is 4.21. The molecule has 3 aromatic rings. The lowest BCUT2D eigenvalue weighted by molar-refractivity contribution is 0.610. The first-order valence-corrected chi connectivity index (χ1v) is 7.41. The van der Waals surface area contributed by atoms with Crippen LogP contribution in [0.5, 0.6) is 0 Å². The number of aromatic nitrogens is 1. The minimum Gasteiger partial charge on any atom is -0.317 e. The van der Waals surface area contributed by atoms with Crippen LogP contribution in [0, 0.1) is 12.7 Å². The van der Waals surface area contributed by atoms with E-state index in [1.165, 1.54) is 17.2 Å². The van der Waals surface area contributed by atoms with Crippen molar-refractivity contribution in [3.05, 3.63) is 89.5 Å². The molecule has 1 aromatic heterocycles. The summed E-state index contributed by atoms with van der Waals surface area (Å²) in [6.45, 7) is 3.57. The highest BCUT2D eigenvalue weighted by Crippen LogP contribution is 2.16. The van der Waals surface area contributed by atoms with Gasteiger partial charge in [0, 0.05) is 25.0 Å². The molecule has 0 saturated heterocycles. The van der Waals surface area contributed by atoms with Gasteiger partial charge in [-0.1, -0.05) is 42.0 Å². The molecule has 0 aliphatic carbocycles. The van der Waals surface area contributed by atoms with Crippen molar-refractivity contribution in [1.82, 2.24) is 9.88 Å². The normalized spacial score (nSPS) is 10.8. The van der Waals surface area contributed by atoms with Gasteiger partial charge in [0.15, 0.2) is 0 Å². The summed E-state index contributed by atoms with van der Waals surface area (Å²) in [4.78, 5) is 0. The Morgan fingerprint density at radius 3 is 2.45 bits per heavy atom. The number of nitrogens with zero attached hydrogens (tertiary/aromatic N) is 1. The van der Waals surface area contributed by atoms with Crippen LogP contribution in [-0.4, -0.2) is 4.57 Å². The molecule has 2 aromatic carbocycles. The van der Waals surface area contributed by atoms with E-state index in [4.69, 9.17) is 0 Å². The van der Waals surface area contributed by atoms with Crippen LogP contribution in [-0.2, 0) is 13.1 Å². The lowest BCUT2D eigenvalue weighted by atomic mass is 10.1. The number of hydrogen-bond acceptors (Lipinski definition) is 1. The van der Waals surface area contributed by atoms with Crippen molar-refractivity contribution in [2.75, 3.05) is 0 Å². The first-order chi connectivity index (χ1) is 10.7. The highest BCUT2D eigenvalue weighted by Gasteiger charge is 2.07. The summed E-state index contributed by atoms with van der Waals surface area (Å²) >= 11 is 0. The Labute approximate surface area is 130 Å². The van der Waals surface area contributed by atoms with E-state index in [1.54, 1.807) is 12.1 Å². The van der Waals surface area contributed by atoms with Crippen LogP contribution in [0.2, 0.25) is 0 Å². The third kappa shape index (κ3) is 3.26. The van der Waals surface area contributed by atoms with E-state index in [9.17, 15) is 4.39 Å². The average molecular weight is 294 g/mol. The van der Waals surface area contributed by atoms with Crippen molar-refractivity contribution >= 4 is 0 Å². The molecule has 0 aliphatic heterocycles. The standard InChI is InChI=1S/C19H19FN2/c1-15-8-10-16(11-9-15)13-21-14-17-5-4-12-22(17)19-7-3-2-6-18(19)20/h2-12,21H,13-14H2,1H3. The molecular formula is C19H19FN2. The summed E-state index contributed by atoms with van der Waals surface area (Å²) < 4.78 is 15.8. The van der Waals surface area contributed by atoms with Crippen molar-refractivity contribution in [2.24, 2.45) is 0 Å². The predicted molar refractivity (Wildman–Crippen MR) is 87.4 cm³/mol. The van der Waals surface area contributed by atoms with E-state index in [1.807, 2.05) is 29.0 Å². The molecule has 0 fully saturated rings. The lowest BCUT2D eigenvalue weighted by Crippen LogP contribution is -2.15. The van der Waals surface area contributed by atoms with E-state index in [-0.39, 0.29) is 5.82 Å². The highest BCUT2D eigenvalue weighted by molar-refractivity contribution is 5.36. The fourth-order valence-corrected chi connectivity index (χ4v) is 2.48. The Hall–Kier alpha value is -2.39. The van der Waals surface area contributed by atoms with Gasteiger partial charge < -0.3 is 9.88 Å². The molecule has 1 N–H and O–H groups in total. The second-order valence-electron chi connectivity index (χ2n) is 5.41. The van der Waals surface area contributed by atoms with Gasteiger partial charge >= 0.3 is 0 Å². The van der Waals surface area contributed by atoms with Crippen LogP contribution in [0.4, 0.5) is 4.39 Å². The summed E-state index contributed by atoms with van der Waals surface area (Å²) in [6.07, 6.45) is 1.89. The number of aryl methyl sites for hydroxylation is 1. The molecule has 0 atom stereocenters. The monoisotopic (exact) mass is 294 g/mol. The molecule has 112 valence electrons. The first-order valence-electron chi connectivity index (χ1n) is 7.41. The minimum atomic E-state index is -0.210. The SMILES string of the molecule is Cc1ccc(CNCc2cccn2-c2ccccc2F)cc1.